The highest BCUT2D eigenvalue weighted by Crippen LogP contribution is 2.52. The van der Waals surface area contributed by atoms with Gasteiger partial charge in [-0.15, -0.1) is 0 Å². The minimum atomic E-state index is 0.148. The highest BCUT2D eigenvalue weighted by molar-refractivity contribution is 5.05. The van der Waals surface area contributed by atoms with E-state index in [9.17, 15) is 0 Å². The molecule has 0 amide bonds. The Bertz CT molecular complexity index is 317. The molecule has 0 aliphatic heterocycles. The van der Waals surface area contributed by atoms with Crippen LogP contribution in [0.5, 0.6) is 0 Å². The molecule has 0 aromatic rings. The summed E-state index contributed by atoms with van der Waals surface area (Å²) in [5, 5.41) is 0. The molecule has 1 fully saturated rings. The monoisotopic (exact) mass is 297 g/mol. The second-order valence-electron chi connectivity index (χ2n) is 9.18. The molecule has 0 saturated heterocycles. The molecule has 0 aromatic carbocycles. The van der Waals surface area contributed by atoms with Crippen molar-refractivity contribution in [2.45, 2.75) is 72.4 Å². The quantitative estimate of drug-likeness (QED) is 0.817. The van der Waals surface area contributed by atoms with Crippen LogP contribution in [-0.2, 0) is 0 Å². The van der Waals surface area contributed by atoms with Gasteiger partial charge in [-0.3, -0.25) is 4.90 Å². The van der Waals surface area contributed by atoms with E-state index in [0.717, 1.165) is 19.6 Å². The molecule has 21 heavy (non-hydrogen) atoms. The van der Waals surface area contributed by atoms with E-state index in [2.05, 4.69) is 65.4 Å². The van der Waals surface area contributed by atoms with Crippen molar-refractivity contribution >= 4 is 0 Å². The Morgan fingerprint density at radius 3 is 1.81 bits per heavy atom. The van der Waals surface area contributed by atoms with Crippen molar-refractivity contribution in [2.75, 3.05) is 33.7 Å². The zero-order valence-corrected chi connectivity index (χ0v) is 15.8. The van der Waals surface area contributed by atoms with Crippen molar-refractivity contribution < 1.29 is 0 Å². The number of hydrogen-bond acceptors (Lipinski definition) is 3. The number of hydrogen-bond donors (Lipinski definition) is 1. The van der Waals surface area contributed by atoms with Crippen molar-refractivity contribution in [1.82, 2.24) is 9.80 Å². The van der Waals surface area contributed by atoms with Gasteiger partial charge in [-0.2, -0.15) is 0 Å². The second kappa shape index (κ2) is 6.55. The molecule has 1 rings (SSSR count). The Balaban J connectivity index is 3.10. The summed E-state index contributed by atoms with van der Waals surface area (Å²) in [6.45, 7) is 17.3. The molecule has 126 valence electrons. The number of rotatable bonds is 6. The molecule has 1 unspecified atom stereocenters. The van der Waals surface area contributed by atoms with Gasteiger partial charge in [0.15, 0.2) is 0 Å². The smallest absolute Gasteiger partial charge is 0.0345 e. The molecular weight excluding hydrogens is 258 g/mol. The van der Waals surface area contributed by atoms with Gasteiger partial charge in [0, 0.05) is 24.7 Å². The van der Waals surface area contributed by atoms with Crippen molar-refractivity contribution in [3.8, 4) is 0 Å². The van der Waals surface area contributed by atoms with Crippen LogP contribution >= 0.6 is 0 Å². The van der Waals surface area contributed by atoms with E-state index in [1.807, 2.05) is 0 Å². The van der Waals surface area contributed by atoms with Gasteiger partial charge in [0.05, 0.1) is 0 Å². The lowest BCUT2D eigenvalue weighted by Crippen LogP contribution is -2.64. The van der Waals surface area contributed by atoms with E-state index >= 15 is 0 Å². The van der Waals surface area contributed by atoms with Gasteiger partial charge in [0.25, 0.3) is 0 Å². The maximum Gasteiger partial charge on any atom is 0.0345 e. The Hall–Kier alpha value is -0.120. The first-order chi connectivity index (χ1) is 9.47. The van der Waals surface area contributed by atoms with Crippen LogP contribution in [0.1, 0.15) is 60.8 Å². The third-order valence-corrected chi connectivity index (χ3v) is 5.06. The summed E-state index contributed by atoms with van der Waals surface area (Å²) in [5.41, 5.74) is 7.25. The van der Waals surface area contributed by atoms with Gasteiger partial charge >= 0.3 is 0 Å². The highest BCUT2D eigenvalue weighted by atomic mass is 15.3. The van der Waals surface area contributed by atoms with Crippen molar-refractivity contribution in [1.29, 1.82) is 0 Å². The number of nitrogens with zero attached hydrogens (tertiary/aromatic N) is 2. The fourth-order valence-electron chi connectivity index (χ4n) is 5.47. The molecule has 1 aliphatic carbocycles. The Kier molecular flexibility index (Phi) is 5.91. The molecular formula is C18H39N3. The molecule has 0 bridgehead atoms. The van der Waals surface area contributed by atoms with Crippen molar-refractivity contribution in [3.05, 3.63) is 0 Å². The molecule has 1 atom stereocenters. The lowest BCUT2D eigenvalue weighted by atomic mass is 9.57. The zero-order valence-electron chi connectivity index (χ0n) is 15.8. The van der Waals surface area contributed by atoms with Gasteiger partial charge in [-0.05, 0) is 57.7 Å². The normalized spacial score (nSPS) is 25.3. The zero-order chi connectivity index (χ0) is 16.5. The predicted molar refractivity (Wildman–Crippen MR) is 93.6 cm³/mol. The highest BCUT2D eigenvalue weighted by Gasteiger charge is 2.50. The standard InChI is InChI=1S/C18H39N3/c1-9-21(15(2)10-20(7)8)18(14-19)12-16(3,4)11-17(5,6)13-18/h15H,9-14,19H2,1-8H3. The minimum Gasteiger partial charge on any atom is -0.329 e. The van der Waals surface area contributed by atoms with Gasteiger partial charge in [-0.25, -0.2) is 0 Å². The Morgan fingerprint density at radius 2 is 1.48 bits per heavy atom. The largest absolute Gasteiger partial charge is 0.329 e. The van der Waals surface area contributed by atoms with Crippen LogP contribution in [0.25, 0.3) is 0 Å². The Morgan fingerprint density at radius 1 is 1.00 bits per heavy atom. The summed E-state index contributed by atoms with van der Waals surface area (Å²) in [6.07, 6.45) is 3.72. The maximum absolute atomic E-state index is 6.37. The third-order valence-electron chi connectivity index (χ3n) is 5.06. The molecule has 0 radical (unpaired) electrons. The summed E-state index contributed by atoms with van der Waals surface area (Å²) in [5.74, 6) is 0. The molecule has 3 heteroatoms. The lowest BCUT2D eigenvalue weighted by Gasteiger charge is -2.57. The first kappa shape index (κ1) is 18.9. The fourth-order valence-corrected chi connectivity index (χ4v) is 5.47. The van der Waals surface area contributed by atoms with Crippen LogP contribution < -0.4 is 5.73 Å². The lowest BCUT2D eigenvalue weighted by molar-refractivity contribution is -0.0607. The van der Waals surface area contributed by atoms with E-state index < -0.39 is 0 Å². The van der Waals surface area contributed by atoms with Gasteiger partial charge in [-0.1, -0.05) is 34.6 Å². The predicted octanol–water partition coefficient (Wildman–Crippen LogP) is 3.19. The van der Waals surface area contributed by atoms with Crippen LogP contribution in [0.2, 0.25) is 0 Å². The Labute approximate surface area is 133 Å². The first-order valence-electron chi connectivity index (χ1n) is 8.58. The third kappa shape index (κ3) is 4.67. The molecule has 0 spiro atoms. The van der Waals surface area contributed by atoms with Crippen LogP contribution in [0.4, 0.5) is 0 Å². The topological polar surface area (TPSA) is 32.5 Å². The average molecular weight is 298 g/mol. The van der Waals surface area contributed by atoms with Crippen LogP contribution in [0.3, 0.4) is 0 Å². The molecule has 0 aromatic heterocycles. The van der Waals surface area contributed by atoms with Crippen LogP contribution in [0, 0.1) is 10.8 Å². The van der Waals surface area contributed by atoms with E-state index in [1.54, 1.807) is 0 Å². The summed E-state index contributed by atoms with van der Waals surface area (Å²) in [4.78, 5) is 4.98. The number of nitrogens with two attached hydrogens (primary N) is 1. The SMILES string of the molecule is CCN(C(C)CN(C)C)C1(CN)CC(C)(C)CC(C)(C)C1. The van der Waals surface area contributed by atoms with Crippen molar-refractivity contribution in [2.24, 2.45) is 16.6 Å². The van der Waals surface area contributed by atoms with Gasteiger partial charge < -0.3 is 10.6 Å². The van der Waals surface area contributed by atoms with Crippen molar-refractivity contribution in [3.63, 3.8) is 0 Å². The number of likely N-dealkylation sites (N-methyl/N-ethyl adjacent to an activating group) is 2. The van der Waals surface area contributed by atoms with E-state index in [-0.39, 0.29) is 5.54 Å². The summed E-state index contributed by atoms with van der Waals surface area (Å²) in [6, 6.07) is 0.540. The summed E-state index contributed by atoms with van der Waals surface area (Å²) in [7, 11) is 4.32. The average Bonchev–Trinajstić information content (AvgIpc) is 2.24. The van der Waals surface area contributed by atoms with E-state index in [1.165, 1.54) is 19.3 Å². The molecule has 1 aliphatic rings. The fraction of sp³-hybridized carbons (Fsp3) is 1.00. The van der Waals surface area contributed by atoms with E-state index in [4.69, 9.17) is 5.73 Å². The molecule has 1 saturated carbocycles. The van der Waals surface area contributed by atoms with Gasteiger partial charge in [0.2, 0.25) is 0 Å². The maximum atomic E-state index is 6.37. The molecule has 3 nitrogen and oxygen atoms in total. The van der Waals surface area contributed by atoms with Gasteiger partial charge in [0.1, 0.15) is 0 Å². The van der Waals surface area contributed by atoms with Crippen LogP contribution in [-0.4, -0.2) is 55.1 Å². The summed E-state index contributed by atoms with van der Waals surface area (Å²) >= 11 is 0. The summed E-state index contributed by atoms with van der Waals surface area (Å²) < 4.78 is 0. The minimum absolute atomic E-state index is 0.148. The first-order valence-corrected chi connectivity index (χ1v) is 8.58. The van der Waals surface area contributed by atoms with E-state index in [0.29, 0.717) is 16.9 Å². The molecule has 2 N–H and O–H groups in total. The second-order valence-corrected chi connectivity index (χ2v) is 9.18. The molecule has 0 heterocycles. The van der Waals surface area contributed by atoms with Crippen LogP contribution in [0.15, 0.2) is 0 Å².